The number of hydrogen-bond acceptors (Lipinski definition) is 3. The number of benzene rings is 3. The van der Waals surface area contributed by atoms with Gasteiger partial charge < -0.3 is 4.74 Å². The predicted octanol–water partition coefficient (Wildman–Crippen LogP) is 4.66. The minimum absolute atomic E-state index is 0.255. The number of rotatable bonds is 6. The van der Waals surface area contributed by atoms with Crippen molar-refractivity contribution in [2.75, 3.05) is 0 Å². The molecule has 0 saturated carbocycles. The summed E-state index contributed by atoms with van der Waals surface area (Å²) in [6, 6.07) is 28.8. The number of aliphatic imine (C=N–C) groups is 1. The molecular weight excluding hydrogens is 322 g/mol. The maximum atomic E-state index is 12.4. The lowest BCUT2D eigenvalue weighted by Gasteiger charge is -2.12. The summed E-state index contributed by atoms with van der Waals surface area (Å²) in [5.41, 5.74) is 3.70. The highest BCUT2D eigenvalue weighted by Crippen LogP contribution is 2.13. The Morgan fingerprint density at radius 1 is 0.808 bits per heavy atom. The van der Waals surface area contributed by atoms with E-state index in [9.17, 15) is 4.79 Å². The fraction of sp³-hybridized carbons (Fsp3) is 0.130. The summed E-state index contributed by atoms with van der Waals surface area (Å²) >= 11 is 0. The van der Waals surface area contributed by atoms with Crippen molar-refractivity contribution in [3.8, 4) is 0 Å². The molecule has 0 aliphatic carbocycles. The second-order valence-corrected chi connectivity index (χ2v) is 5.98. The molecule has 0 aromatic heterocycles. The zero-order chi connectivity index (χ0) is 18.2. The van der Waals surface area contributed by atoms with Crippen LogP contribution in [0.15, 0.2) is 96.0 Å². The molecule has 130 valence electrons. The molecule has 0 amide bonds. The Balaban J connectivity index is 1.79. The van der Waals surface area contributed by atoms with Gasteiger partial charge in [-0.3, -0.25) is 4.99 Å². The van der Waals surface area contributed by atoms with Crippen LogP contribution in [-0.4, -0.2) is 17.7 Å². The number of ether oxygens (including phenoxy) is 1. The van der Waals surface area contributed by atoms with Gasteiger partial charge in [-0.2, -0.15) is 0 Å². The normalized spacial score (nSPS) is 11.4. The molecule has 26 heavy (non-hydrogen) atoms. The summed E-state index contributed by atoms with van der Waals surface area (Å²) in [5, 5.41) is 0. The van der Waals surface area contributed by atoms with E-state index >= 15 is 0 Å². The highest BCUT2D eigenvalue weighted by Gasteiger charge is 2.16. The molecule has 0 spiro atoms. The predicted molar refractivity (Wildman–Crippen MR) is 104 cm³/mol. The van der Waals surface area contributed by atoms with Crippen LogP contribution in [0, 0.1) is 0 Å². The molecule has 1 atom stereocenters. The van der Waals surface area contributed by atoms with Gasteiger partial charge in [-0.25, -0.2) is 4.79 Å². The molecule has 0 aliphatic heterocycles. The molecule has 0 unspecified atom stereocenters. The van der Waals surface area contributed by atoms with Gasteiger partial charge in [0.15, 0.2) is 0 Å². The molecule has 3 aromatic rings. The molecule has 0 heterocycles. The van der Waals surface area contributed by atoms with Crippen LogP contribution >= 0.6 is 0 Å². The van der Waals surface area contributed by atoms with Crippen molar-refractivity contribution in [1.82, 2.24) is 0 Å². The molecule has 0 fully saturated rings. The average Bonchev–Trinajstić information content (AvgIpc) is 2.72. The lowest BCUT2D eigenvalue weighted by Crippen LogP contribution is -2.20. The van der Waals surface area contributed by atoms with Gasteiger partial charge in [0, 0.05) is 11.1 Å². The van der Waals surface area contributed by atoms with Crippen LogP contribution in [0.1, 0.15) is 23.6 Å². The molecular formula is C23H21NO2. The van der Waals surface area contributed by atoms with Crippen LogP contribution in [0.5, 0.6) is 0 Å². The largest absolute Gasteiger partial charge is 0.459 e. The van der Waals surface area contributed by atoms with Crippen molar-refractivity contribution in [2.24, 2.45) is 4.99 Å². The third kappa shape index (κ3) is 4.67. The second kappa shape index (κ2) is 8.77. The number of esters is 1. The second-order valence-electron chi connectivity index (χ2n) is 5.98. The maximum Gasteiger partial charge on any atom is 0.330 e. The number of carbonyl (C=O) groups is 1. The molecule has 0 saturated heterocycles. The van der Waals surface area contributed by atoms with E-state index in [1.165, 1.54) is 0 Å². The molecule has 0 aliphatic rings. The first-order valence-electron chi connectivity index (χ1n) is 8.63. The van der Waals surface area contributed by atoms with Crippen molar-refractivity contribution in [3.05, 3.63) is 108 Å². The van der Waals surface area contributed by atoms with Crippen molar-refractivity contribution in [1.29, 1.82) is 0 Å². The first kappa shape index (κ1) is 17.6. The Morgan fingerprint density at radius 2 is 1.27 bits per heavy atom. The van der Waals surface area contributed by atoms with Crippen molar-refractivity contribution in [2.45, 2.75) is 19.6 Å². The third-order valence-corrected chi connectivity index (χ3v) is 3.98. The van der Waals surface area contributed by atoms with Crippen LogP contribution in [0.2, 0.25) is 0 Å². The Kier molecular flexibility index (Phi) is 5.94. The minimum atomic E-state index is -0.589. The molecule has 3 heteroatoms. The lowest BCUT2D eigenvalue weighted by molar-refractivity contribution is -0.145. The molecule has 0 bridgehead atoms. The Morgan fingerprint density at radius 3 is 1.77 bits per heavy atom. The van der Waals surface area contributed by atoms with Crippen LogP contribution in [0.3, 0.4) is 0 Å². The summed E-state index contributed by atoms with van der Waals surface area (Å²) in [5.74, 6) is -0.335. The van der Waals surface area contributed by atoms with E-state index in [2.05, 4.69) is 4.99 Å². The Hall–Kier alpha value is -3.20. The van der Waals surface area contributed by atoms with Crippen molar-refractivity contribution < 1.29 is 9.53 Å². The zero-order valence-corrected chi connectivity index (χ0v) is 14.7. The number of hydrogen-bond donors (Lipinski definition) is 0. The molecule has 3 nitrogen and oxygen atoms in total. The standard InChI is InChI=1S/C23H21NO2/c1-18(23(25)26-17-19-11-5-2-6-12-19)24-22(20-13-7-3-8-14-20)21-15-9-4-10-16-21/h2-16,18H,17H2,1H3/t18-/m0/s1. The maximum absolute atomic E-state index is 12.4. The van der Waals surface area contributed by atoms with Crippen molar-refractivity contribution in [3.63, 3.8) is 0 Å². The number of nitrogens with zero attached hydrogens (tertiary/aromatic N) is 1. The highest BCUT2D eigenvalue weighted by molar-refractivity contribution is 6.13. The molecule has 0 N–H and O–H groups in total. The first-order chi connectivity index (χ1) is 12.7. The van der Waals surface area contributed by atoms with E-state index in [0.29, 0.717) is 0 Å². The Bertz CT molecular complexity index is 817. The van der Waals surface area contributed by atoms with Gasteiger partial charge in [0.1, 0.15) is 12.6 Å². The number of carbonyl (C=O) groups excluding carboxylic acids is 1. The zero-order valence-electron chi connectivity index (χ0n) is 14.7. The van der Waals surface area contributed by atoms with Gasteiger partial charge in [0.2, 0.25) is 0 Å². The molecule has 3 aromatic carbocycles. The van der Waals surface area contributed by atoms with Gasteiger partial charge in [0.25, 0.3) is 0 Å². The van der Waals surface area contributed by atoms with Crippen LogP contribution in [0.25, 0.3) is 0 Å². The van der Waals surface area contributed by atoms with Gasteiger partial charge in [0.05, 0.1) is 5.71 Å². The topological polar surface area (TPSA) is 38.7 Å². The first-order valence-corrected chi connectivity index (χ1v) is 8.63. The van der Waals surface area contributed by atoms with Gasteiger partial charge in [-0.05, 0) is 12.5 Å². The summed E-state index contributed by atoms with van der Waals surface area (Å²) in [7, 11) is 0. The lowest BCUT2D eigenvalue weighted by atomic mass is 10.0. The summed E-state index contributed by atoms with van der Waals surface area (Å²) < 4.78 is 5.42. The summed E-state index contributed by atoms with van der Waals surface area (Å²) in [4.78, 5) is 17.1. The van der Waals surface area contributed by atoms with Gasteiger partial charge in [-0.1, -0.05) is 91.0 Å². The van der Waals surface area contributed by atoms with Crippen molar-refractivity contribution >= 4 is 11.7 Å². The van der Waals surface area contributed by atoms with E-state index < -0.39 is 6.04 Å². The molecule has 3 rings (SSSR count). The van der Waals surface area contributed by atoms with Gasteiger partial charge >= 0.3 is 5.97 Å². The van der Waals surface area contributed by atoms with E-state index in [0.717, 1.165) is 22.4 Å². The van der Waals surface area contributed by atoms with E-state index in [-0.39, 0.29) is 12.6 Å². The molecule has 0 radical (unpaired) electrons. The Labute approximate surface area is 154 Å². The fourth-order valence-electron chi connectivity index (χ4n) is 2.60. The summed E-state index contributed by atoms with van der Waals surface area (Å²) in [6.07, 6.45) is 0. The SMILES string of the molecule is C[C@H](N=C(c1ccccc1)c1ccccc1)C(=O)OCc1ccccc1. The average molecular weight is 343 g/mol. The third-order valence-electron chi connectivity index (χ3n) is 3.98. The quantitative estimate of drug-likeness (QED) is 0.482. The monoisotopic (exact) mass is 343 g/mol. The van der Waals surface area contributed by atoms with E-state index in [1.807, 2.05) is 91.0 Å². The smallest absolute Gasteiger partial charge is 0.330 e. The van der Waals surface area contributed by atoms with E-state index in [1.54, 1.807) is 6.92 Å². The van der Waals surface area contributed by atoms with E-state index in [4.69, 9.17) is 4.74 Å². The van der Waals surface area contributed by atoms with Crippen LogP contribution < -0.4 is 0 Å². The highest BCUT2D eigenvalue weighted by atomic mass is 16.5. The minimum Gasteiger partial charge on any atom is -0.459 e. The van der Waals surface area contributed by atoms with Gasteiger partial charge in [-0.15, -0.1) is 0 Å². The van der Waals surface area contributed by atoms with Crippen LogP contribution in [0.4, 0.5) is 0 Å². The fourth-order valence-corrected chi connectivity index (χ4v) is 2.60. The van der Waals surface area contributed by atoms with Crippen LogP contribution in [-0.2, 0) is 16.1 Å². The summed E-state index contributed by atoms with van der Waals surface area (Å²) in [6.45, 7) is 2.02.